The van der Waals surface area contributed by atoms with Gasteiger partial charge >= 0.3 is 0 Å². The number of rotatable bonds is 6. The lowest BCUT2D eigenvalue weighted by Gasteiger charge is -2.17. The maximum atomic E-state index is 11.9. The van der Waals surface area contributed by atoms with Crippen LogP contribution in [-0.2, 0) is 4.79 Å². The van der Waals surface area contributed by atoms with Gasteiger partial charge in [0, 0.05) is 17.3 Å². The lowest BCUT2D eigenvalue weighted by molar-refractivity contribution is -0.122. The van der Waals surface area contributed by atoms with E-state index in [9.17, 15) is 4.79 Å². The minimum atomic E-state index is -0.456. The van der Waals surface area contributed by atoms with E-state index in [2.05, 4.69) is 5.32 Å². The fraction of sp³-hybridized carbons (Fsp3) is 0.188. The second kappa shape index (κ2) is 7.08. The molecule has 0 heterocycles. The number of carbonyl (C=O) groups excluding carboxylic acids is 1. The monoisotopic (exact) mass is 289 g/mol. The Hall–Kier alpha value is -1.84. The van der Waals surface area contributed by atoms with Crippen molar-refractivity contribution in [1.82, 2.24) is 0 Å². The highest BCUT2D eigenvalue weighted by atomic mass is 35.5. The molecule has 0 bridgehead atoms. The summed E-state index contributed by atoms with van der Waals surface area (Å²) in [5, 5.41) is 13.0. The largest absolute Gasteiger partial charge is 0.389 e. The Kier molecular flexibility index (Phi) is 5.16. The topological polar surface area (TPSA) is 49.3 Å². The summed E-state index contributed by atoms with van der Waals surface area (Å²) in [6.07, 6.45) is 0. The van der Waals surface area contributed by atoms with Gasteiger partial charge in [0.05, 0.1) is 5.92 Å². The second-order valence-electron chi connectivity index (χ2n) is 4.48. The third kappa shape index (κ3) is 3.83. The van der Waals surface area contributed by atoms with Crippen LogP contribution in [0.15, 0.2) is 54.6 Å². The van der Waals surface area contributed by atoms with Crippen LogP contribution in [0, 0.1) is 0 Å². The summed E-state index contributed by atoms with van der Waals surface area (Å²) in [4.78, 5) is 11.9. The number of hydrogen-bond acceptors (Lipinski definition) is 3. The third-order valence-corrected chi connectivity index (χ3v) is 3.35. The molecule has 0 spiro atoms. The molecule has 2 rings (SSSR count). The molecule has 1 atom stereocenters. The van der Waals surface area contributed by atoms with Gasteiger partial charge in [-0.3, -0.25) is 4.79 Å². The first-order valence-corrected chi connectivity index (χ1v) is 6.76. The van der Waals surface area contributed by atoms with Gasteiger partial charge in [0.25, 0.3) is 0 Å². The molecule has 0 fully saturated rings. The number of nitrogens with one attached hydrogen (secondary N) is 1. The number of ketones is 1. The Labute approximate surface area is 123 Å². The smallest absolute Gasteiger partial charge is 0.167 e. The molecule has 2 N–H and O–H groups in total. The van der Waals surface area contributed by atoms with E-state index in [1.165, 1.54) is 0 Å². The minimum Gasteiger partial charge on any atom is -0.389 e. The summed E-state index contributed by atoms with van der Waals surface area (Å²) in [5.41, 5.74) is 1.79. The summed E-state index contributed by atoms with van der Waals surface area (Å²) in [5.74, 6) is -0.561. The second-order valence-corrected chi connectivity index (χ2v) is 4.91. The molecule has 0 radical (unpaired) electrons. The van der Waals surface area contributed by atoms with E-state index in [4.69, 9.17) is 16.7 Å². The molecule has 0 aliphatic rings. The van der Waals surface area contributed by atoms with Crippen LogP contribution in [-0.4, -0.2) is 24.0 Å². The van der Waals surface area contributed by atoms with E-state index in [-0.39, 0.29) is 11.7 Å². The zero-order chi connectivity index (χ0) is 14.4. The Bertz CT molecular complexity index is 554. The standard InChI is InChI=1S/C16H16ClNO2/c17-13-6-8-14(9-7-13)18-10-15(16(20)11-19)12-4-2-1-3-5-12/h1-9,15,18-19H,10-11H2. The van der Waals surface area contributed by atoms with Gasteiger partial charge in [-0.15, -0.1) is 0 Å². The molecule has 104 valence electrons. The predicted octanol–water partition coefficient (Wildman–Crippen LogP) is 3.10. The van der Waals surface area contributed by atoms with Crippen molar-refractivity contribution in [3.63, 3.8) is 0 Å². The van der Waals surface area contributed by atoms with Gasteiger partial charge in [-0.2, -0.15) is 0 Å². The summed E-state index contributed by atoms with van der Waals surface area (Å²) in [7, 11) is 0. The summed E-state index contributed by atoms with van der Waals surface area (Å²) in [6, 6.07) is 16.7. The maximum Gasteiger partial charge on any atom is 0.167 e. The molecule has 0 amide bonds. The first-order valence-electron chi connectivity index (χ1n) is 6.38. The van der Waals surface area contributed by atoms with Crippen molar-refractivity contribution in [2.24, 2.45) is 0 Å². The van der Waals surface area contributed by atoms with Gasteiger partial charge in [0.1, 0.15) is 6.61 Å². The fourth-order valence-corrected chi connectivity index (χ4v) is 2.13. The Morgan fingerprint density at radius 2 is 1.75 bits per heavy atom. The average molecular weight is 290 g/mol. The minimum absolute atomic E-state index is 0.197. The number of halogens is 1. The molecule has 2 aromatic carbocycles. The van der Waals surface area contributed by atoms with E-state index < -0.39 is 6.61 Å². The van der Waals surface area contributed by atoms with Gasteiger partial charge in [0.15, 0.2) is 5.78 Å². The SMILES string of the molecule is O=C(CO)C(CNc1ccc(Cl)cc1)c1ccccc1. The third-order valence-electron chi connectivity index (χ3n) is 3.10. The summed E-state index contributed by atoms with van der Waals surface area (Å²) >= 11 is 5.83. The van der Waals surface area contributed by atoms with Crippen LogP contribution in [0.2, 0.25) is 5.02 Å². The van der Waals surface area contributed by atoms with E-state index in [0.717, 1.165) is 11.3 Å². The van der Waals surface area contributed by atoms with Crippen LogP contribution in [0.3, 0.4) is 0 Å². The van der Waals surface area contributed by atoms with Gasteiger partial charge in [-0.05, 0) is 29.8 Å². The Morgan fingerprint density at radius 1 is 1.10 bits per heavy atom. The highest BCUT2D eigenvalue weighted by molar-refractivity contribution is 6.30. The van der Waals surface area contributed by atoms with Crippen molar-refractivity contribution in [2.45, 2.75) is 5.92 Å². The first kappa shape index (κ1) is 14.6. The van der Waals surface area contributed by atoms with Crippen molar-refractivity contribution in [3.05, 3.63) is 65.2 Å². The molecule has 0 aromatic heterocycles. The highest BCUT2D eigenvalue weighted by Gasteiger charge is 2.19. The van der Waals surface area contributed by atoms with E-state index >= 15 is 0 Å². The number of carbonyl (C=O) groups is 1. The zero-order valence-corrected chi connectivity index (χ0v) is 11.7. The lowest BCUT2D eigenvalue weighted by Crippen LogP contribution is -2.23. The number of benzene rings is 2. The van der Waals surface area contributed by atoms with Gasteiger partial charge < -0.3 is 10.4 Å². The molecule has 4 heteroatoms. The van der Waals surface area contributed by atoms with Crippen molar-refractivity contribution >= 4 is 23.1 Å². The molecule has 0 aliphatic carbocycles. The molecule has 0 aliphatic heterocycles. The normalized spacial score (nSPS) is 11.9. The van der Waals surface area contributed by atoms with Crippen LogP contribution in [0.25, 0.3) is 0 Å². The molecule has 2 aromatic rings. The lowest BCUT2D eigenvalue weighted by atomic mass is 9.95. The number of Topliss-reactive ketones (excluding diaryl/α,β-unsaturated/α-hetero) is 1. The Morgan fingerprint density at radius 3 is 2.35 bits per heavy atom. The van der Waals surface area contributed by atoms with Crippen LogP contribution >= 0.6 is 11.6 Å². The maximum absolute atomic E-state index is 11.9. The van der Waals surface area contributed by atoms with Crippen LogP contribution in [0.5, 0.6) is 0 Å². The van der Waals surface area contributed by atoms with Crippen LogP contribution in [0.1, 0.15) is 11.5 Å². The quantitative estimate of drug-likeness (QED) is 0.859. The molecule has 0 saturated heterocycles. The molecule has 20 heavy (non-hydrogen) atoms. The molecular weight excluding hydrogens is 274 g/mol. The van der Waals surface area contributed by atoms with Gasteiger partial charge in [-0.1, -0.05) is 41.9 Å². The fourth-order valence-electron chi connectivity index (χ4n) is 2.00. The zero-order valence-electron chi connectivity index (χ0n) is 10.9. The number of aliphatic hydroxyl groups excluding tert-OH is 1. The molecular formula is C16H16ClNO2. The van der Waals surface area contributed by atoms with Crippen LogP contribution < -0.4 is 5.32 Å². The molecule has 1 unspecified atom stereocenters. The van der Waals surface area contributed by atoms with Crippen LogP contribution in [0.4, 0.5) is 5.69 Å². The number of hydrogen-bond donors (Lipinski definition) is 2. The van der Waals surface area contributed by atoms with Gasteiger partial charge in [-0.25, -0.2) is 0 Å². The van der Waals surface area contributed by atoms with Crippen molar-refractivity contribution in [2.75, 3.05) is 18.5 Å². The summed E-state index contributed by atoms with van der Waals surface area (Å²) in [6.45, 7) is -0.0209. The number of aliphatic hydroxyl groups is 1. The van der Waals surface area contributed by atoms with E-state index in [1.807, 2.05) is 42.5 Å². The van der Waals surface area contributed by atoms with Crippen molar-refractivity contribution in [1.29, 1.82) is 0 Å². The highest BCUT2D eigenvalue weighted by Crippen LogP contribution is 2.19. The van der Waals surface area contributed by atoms with Crippen molar-refractivity contribution in [3.8, 4) is 0 Å². The number of anilines is 1. The molecule has 3 nitrogen and oxygen atoms in total. The average Bonchev–Trinajstić information content (AvgIpc) is 2.50. The first-order chi connectivity index (χ1) is 9.70. The Balaban J connectivity index is 2.09. The van der Waals surface area contributed by atoms with Crippen molar-refractivity contribution < 1.29 is 9.90 Å². The van der Waals surface area contributed by atoms with Gasteiger partial charge in [0.2, 0.25) is 0 Å². The summed E-state index contributed by atoms with van der Waals surface area (Å²) < 4.78 is 0. The van der Waals surface area contributed by atoms with E-state index in [1.54, 1.807) is 12.1 Å². The predicted molar refractivity (Wildman–Crippen MR) is 81.2 cm³/mol. The molecule has 0 saturated carbocycles. The van der Waals surface area contributed by atoms with E-state index in [0.29, 0.717) is 11.6 Å².